The summed E-state index contributed by atoms with van der Waals surface area (Å²) in [5, 5.41) is 1.87. The number of morpholine rings is 1. The Kier molecular flexibility index (Phi) is 6.65. The van der Waals surface area contributed by atoms with Crippen molar-refractivity contribution in [2.24, 2.45) is 0 Å². The van der Waals surface area contributed by atoms with Crippen molar-refractivity contribution >= 4 is 26.7 Å². The van der Waals surface area contributed by atoms with Crippen molar-refractivity contribution in [3.05, 3.63) is 78.4 Å². The van der Waals surface area contributed by atoms with Crippen LogP contribution in [0.2, 0.25) is 0 Å². The maximum Gasteiger partial charge on any atom is 0.240 e. The zero-order chi connectivity index (χ0) is 21.7. The summed E-state index contributed by atoms with van der Waals surface area (Å²) in [7, 11) is -3.61. The van der Waals surface area contributed by atoms with Crippen LogP contribution in [0.4, 0.5) is 0 Å². The standard InChI is InChI=1S/C24H26N2O4S/c27-24(26-15-16-30-23(18-26)20-8-2-1-3-9-20)11-6-14-25-31(28,29)22-13-12-19-7-4-5-10-21(19)17-22/h1-5,7-10,12-13,17,23,25H,6,11,14-16,18H2. The number of amides is 1. The maximum atomic E-state index is 12.6. The number of hydrogen-bond acceptors (Lipinski definition) is 4. The average molecular weight is 439 g/mol. The molecule has 1 aliphatic heterocycles. The van der Waals surface area contributed by atoms with Gasteiger partial charge in [-0.05, 0) is 34.9 Å². The molecule has 3 aromatic rings. The van der Waals surface area contributed by atoms with E-state index in [0.717, 1.165) is 16.3 Å². The van der Waals surface area contributed by atoms with Crippen LogP contribution in [-0.2, 0) is 19.6 Å². The molecular formula is C24H26N2O4S. The summed E-state index contributed by atoms with van der Waals surface area (Å²) in [6, 6.07) is 22.6. The van der Waals surface area contributed by atoms with Gasteiger partial charge in [0, 0.05) is 19.5 Å². The van der Waals surface area contributed by atoms with Gasteiger partial charge in [0.05, 0.1) is 18.0 Å². The van der Waals surface area contributed by atoms with Gasteiger partial charge in [0.25, 0.3) is 0 Å². The van der Waals surface area contributed by atoms with Gasteiger partial charge in [0.15, 0.2) is 0 Å². The minimum Gasteiger partial charge on any atom is -0.370 e. The number of rotatable bonds is 7. The monoisotopic (exact) mass is 438 g/mol. The topological polar surface area (TPSA) is 75.7 Å². The van der Waals surface area contributed by atoms with E-state index in [1.54, 1.807) is 23.1 Å². The fourth-order valence-electron chi connectivity index (χ4n) is 3.77. The molecule has 1 N–H and O–H groups in total. The number of carbonyl (C=O) groups excluding carboxylic acids is 1. The van der Waals surface area contributed by atoms with Crippen LogP contribution in [0.3, 0.4) is 0 Å². The highest BCUT2D eigenvalue weighted by Gasteiger charge is 2.25. The van der Waals surface area contributed by atoms with Gasteiger partial charge in [-0.15, -0.1) is 0 Å². The molecule has 0 aliphatic carbocycles. The zero-order valence-electron chi connectivity index (χ0n) is 17.2. The zero-order valence-corrected chi connectivity index (χ0v) is 18.1. The van der Waals surface area contributed by atoms with E-state index in [1.165, 1.54) is 0 Å². The molecular weight excluding hydrogens is 412 g/mol. The predicted octanol–water partition coefficient (Wildman–Crippen LogP) is 3.50. The lowest BCUT2D eigenvalue weighted by Gasteiger charge is -2.33. The summed E-state index contributed by atoms with van der Waals surface area (Å²) in [6.07, 6.45) is 0.617. The SMILES string of the molecule is O=C(CCCNS(=O)(=O)c1ccc2ccccc2c1)N1CCOC(c2ccccc2)C1. The summed E-state index contributed by atoms with van der Waals surface area (Å²) in [5.41, 5.74) is 1.06. The van der Waals surface area contributed by atoms with Crippen LogP contribution in [0.15, 0.2) is 77.7 Å². The molecule has 0 spiro atoms. The molecule has 3 aromatic carbocycles. The highest BCUT2D eigenvalue weighted by molar-refractivity contribution is 7.89. The van der Waals surface area contributed by atoms with Crippen molar-refractivity contribution in [2.75, 3.05) is 26.2 Å². The lowest BCUT2D eigenvalue weighted by molar-refractivity contribution is -0.139. The van der Waals surface area contributed by atoms with E-state index in [-0.39, 0.29) is 23.5 Å². The molecule has 1 fully saturated rings. The predicted molar refractivity (Wildman–Crippen MR) is 120 cm³/mol. The van der Waals surface area contributed by atoms with E-state index in [4.69, 9.17) is 4.74 Å². The van der Waals surface area contributed by atoms with E-state index in [1.807, 2.05) is 54.6 Å². The fourth-order valence-corrected chi connectivity index (χ4v) is 4.88. The average Bonchev–Trinajstić information content (AvgIpc) is 2.82. The first kappa shape index (κ1) is 21.5. The minimum atomic E-state index is -3.61. The van der Waals surface area contributed by atoms with Crippen molar-refractivity contribution in [2.45, 2.75) is 23.8 Å². The first-order chi connectivity index (χ1) is 15.0. The number of ether oxygens (including phenoxy) is 1. The van der Waals surface area contributed by atoms with Crippen LogP contribution in [0.1, 0.15) is 24.5 Å². The van der Waals surface area contributed by atoms with E-state index in [2.05, 4.69) is 4.72 Å². The molecule has 4 rings (SSSR count). The highest BCUT2D eigenvalue weighted by atomic mass is 32.2. The molecule has 31 heavy (non-hydrogen) atoms. The second kappa shape index (κ2) is 9.60. The van der Waals surface area contributed by atoms with Gasteiger partial charge < -0.3 is 9.64 Å². The molecule has 0 saturated carbocycles. The van der Waals surface area contributed by atoms with Gasteiger partial charge in [0.2, 0.25) is 15.9 Å². The van der Waals surface area contributed by atoms with E-state index in [0.29, 0.717) is 32.5 Å². The number of nitrogens with zero attached hydrogens (tertiary/aromatic N) is 1. The third kappa shape index (κ3) is 5.31. The van der Waals surface area contributed by atoms with Crippen molar-refractivity contribution in [1.82, 2.24) is 9.62 Å². The molecule has 1 aliphatic rings. The summed E-state index contributed by atoms with van der Waals surface area (Å²) >= 11 is 0. The third-order valence-corrected chi connectivity index (χ3v) is 6.94. The molecule has 1 heterocycles. The Hall–Kier alpha value is -2.74. The van der Waals surface area contributed by atoms with Gasteiger partial charge >= 0.3 is 0 Å². The Morgan fingerprint density at radius 3 is 2.55 bits per heavy atom. The lowest BCUT2D eigenvalue weighted by atomic mass is 10.1. The summed E-state index contributed by atoms with van der Waals surface area (Å²) < 4.78 is 33.6. The van der Waals surface area contributed by atoms with Crippen LogP contribution in [0.25, 0.3) is 10.8 Å². The molecule has 1 saturated heterocycles. The van der Waals surface area contributed by atoms with Crippen LogP contribution >= 0.6 is 0 Å². The molecule has 1 unspecified atom stereocenters. The van der Waals surface area contributed by atoms with Gasteiger partial charge in [-0.1, -0.05) is 60.7 Å². The van der Waals surface area contributed by atoms with E-state index < -0.39 is 10.0 Å². The summed E-state index contributed by atoms with van der Waals surface area (Å²) in [5.74, 6) is 0.0223. The number of hydrogen-bond donors (Lipinski definition) is 1. The van der Waals surface area contributed by atoms with Gasteiger partial charge in [0.1, 0.15) is 6.10 Å². The van der Waals surface area contributed by atoms with Crippen LogP contribution < -0.4 is 4.72 Å². The minimum absolute atomic E-state index is 0.0223. The van der Waals surface area contributed by atoms with Crippen molar-refractivity contribution in [3.8, 4) is 0 Å². The Labute approximate surface area is 182 Å². The maximum absolute atomic E-state index is 12.6. The van der Waals surface area contributed by atoms with Crippen molar-refractivity contribution in [3.63, 3.8) is 0 Å². The Bertz CT molecular complexity index is 1150. The van der Waals surface area contributed by atoms with E-state index in [9.17, 15) is 13.2 Å². The van der Waals surface area contributed by atoms with Gasteiger partial charge in [-0.2, -0.15) is 0 Å². The van der Waals surface area contributed by atoms with Crippen molar-refractivity contribution < 1.29 is 17.9 Å². The molecule has 1 amide bonds. The van der Waals surface area contributed by atoms with Gasteiger partial charge in [-0.3, -0.25) is 4.79 Å². The molecule has 0 radical (unpaired) electrons. The largest absolute Gasteiger partial charge is 0.370 e. The smallest absolute Gasteiger partial charge is 0.240 e. The molecule has 6 nitrogen and oxygen atoms in total. The van der Waals surface area contributed by atoms with Crippen LogP contribution in [0.5, 0.6) is 0 Å². The first-order valence-corrected chi connectivity index (χ1v) is 11.9. The molecule has 7 heteroatoms. The molecule has 162 valence electrons. The Balaban J connectivity index is 1.28. The first-order valence-electron chi connectivity index (χ1n) is 10.5. The third-order valence-electron chi connectivity index (χ3n) is 5.48. The van der Waals surface area contributed by atoms with Crippen LogP contribution in [0, 0.1) is 0 Å². The lowest BCUT2D eigenvalue weighted by Crippen LogP contribution is -2.42. The summed E-state index contributed by atoms with van der Waals surface area (Å²) in [6.45, 7) is 1.80. The van der Waals surface area contributed by atoms with Crippen molar-refractivity contribution in [1.29, 1.82) is 0 Å². The number of carbonyl (C=O) groups is 1. The highest BCUT2D eigenvalue weighted by Crippen LogP contribution is 2.22. The number of sulfonamides is 1. The number of benzene rings is 3. The number of nitrogens with one attached hydrogen (secondary N) is 1. The normalized spacial score (nSPS) is 17.0. The van der Waals surface area contributed by atoms with E-state index >= 15 is 0 Å². The van der Waals surface area contributed by atoms with Gasteiger partial charge in [-0.25, -0.2) is 13.1 Å². The Morgan fingerprint density at radius 2 is 1.74 bits per heavy atom. The molecule has 0 aromatic heterocycles. The summed E-state index contributed by atoms with van der Waals surface area (Å²) in [4.78, 5) is 14.6. The number of fused-ring (bicyclic) bond motifs is 1. The Morgan fingerprint density at radius 1 is 1.00 bits per heavy atom. The second-order valence-electron chi connectivity index (χ2n) is 7.62. The second-order valence-corrected chi connectivity index (χ2v) is 9.39. The molecule has 1 atom stereocenters. The van der Waals surface area contributed by atoms with Crippen LogP contribution in [-0.4, -0.2) is 45.5 Å². The fraction of sp³-hybridized carbons (Fsp3) is 0.292. The quantitative estimate of drug-likeness (QED) is 0.573. The molecule has 0 bridgehead atoms.